The molecule has 2 aliphatic rings. The van der Waals surface area contributed by atoms with E-state index in [4.69, 9.17) is 4.74 Å². The van der Waals surface area contributed by atoms with Gasteiger partial charge in [0.05, 0.1) is 12.3 Å². The minimum Gasteiger partial charge on any atom is -0.461 e. The lowest BCUT2D eigenvalue weighted by molar-refractivity contribution is 0.0518. The van der Waals surface area contributed by atoms with E-state index >= 15 is 0 Å². The summed E-state index contributed by atoms with van der Waals surface area (Å²) in [5, 5.41) is 3.28. The third kappa shape index (κ3) is 2.24. The van der Waals surface area contributed by atoms with E-state index in [1.54, 1.807) is 0 Å². The van der Waals surface area contributed by atoms with Crippen LogP contribution in [-0.2, 0) is 17.8 Å². The minimum atomic E-state index is -0.285. The number of hydrogen-bond acceptors (Lipinski definition) is 4. The number of carbonyl (C=O) groups is 1. The highest BCUT2D eigenvalue weighted by atomic mass is 35.5. The number of fused-ring (bicyclic) bond motifs is 1. The highest BCUT2D eigenvalue weighted by Crippen LogP contribution is 2.40. The van der Waals surface area contributed by atoms with Gasteiger partial charge in [0.25, 0.3) is 0 Å². The zero-order valence-corrected chi connectivity index (χ0v) is 11.3. The van der Waals surface area contributed by atoms with E-state index in [0.717, 1.165) is 24.6 Å². The molecule has 0 spiro atoms. The summed E-state index contributed by atoms with van der Waals surface area (Å²) in [6.45, 7) is 4.80. The number of esters is 1. The van der Waals surface area contributed by atoms with E-state index in [0.29, 0.717) is 24.8 Å². The molecule has 0 aromatic carbocycles. The van der Waals surface area contributed by atoms with Crippen LogP contribution in [0.15, 0.2) is 0 Å². The van der Waals surface area contributed by atoms with Crippen molar-refractivity contribution < 1.29 is 9.53 Å². The number of ether oxygens (including phenoxy) is 1. The Hall–Kier alpha value is -1.07. The van der Waals surface area contributed by atoms with Gasteiger partial charge in [0.2, 0.25) is 0 Å². The van der Waals surface area contributed by atoms with Crippen molar-refractivity contribution >= 4 is 18.4 Å². The van der Waals surface area contributed by atoms with E-state index in [1.165, 1.54) is 12.8 Å². The van der Waals surface area contributed by atoms with Crippen LogP contribution in [0.25, 0.3) is 0 Å². The number of nitrogens with zero attached hydrogens (tertiary/aromatic N) is 2. The summed E-state index contributed by atoms with van der Waals surface area (Å²) in [5.41, 5.74) is 1.51. The molecule has 1 fully saturated rings. The second-order valence-corrected chi connectivity index (χ2v) is 4.59. The largest absolute Gasteiger partial charge is 0.461 e. The van der Waals surface area contributed by atoms with Crippen LogP contribution in [0.2, 0.25) is 0 Å². The molecule has 1 aromatic rings. The van der Waals surface area contributed by atoms with Crippen LogP contribution < -0.4 is 5.32 Å². The summed E-state index contributed by atoms with van der Waals surface area (Å²) in [7, 11) is 0. The van der Waals surface area contributed by atoms with E-state index in [2.05, 4.69) is 14.9 Å². The molecule has 0 radical (unpaired) electrons. The van der Waals surface area contributed by atoms with Crippen LogP contribution in [0.5, 0.6) is 0 Å². The van der Waals surface area contributed by atoms with Gasteiger partial charge in [-0.2, -0.15) is 0 Å². The lowest BCUT2D eigenvalue weighted by Crippen LogP contribution is -2.29. The van der Waals surface area contributed by atoms with Crippen molar-refractivity contribution in [1.29, 1.82) is 0 Å². The maximum absolute atomic E-state index is 11.8. The fourth-order valence-electron chi connectivity index (χ4n) is 2.35. The molecular weight excluding hydrogens is 254 g/mol. The second kappa shape index (κ2) is 5.28. The predicted molar refractivity (Wildman–Crippen MR) is 69.1 cm³/mol. The molecule has 0 saturated heterocycles. The molecule has 2 heterocycles. The Morgan fingerprint density at radius 3 is 3.00 bits per heavy atom. The first kappa shape index (κ1) is 13.4. The Labute approximate surface area is 112 Å². The number of halogens is 1. The van der Waals surface area contributed by atoms with E-state index in [1.807, 2.05) is 6.92 Å². The van der Waals surface area contributed by atoms with Crippen LogP contribution >= 0.6 is 12.4 Å². The molecule has 6 heteroatoms. The normalized spacial score (nSPS) is 17.8. The maximum Gasteiger partial charge on any atom is 0.358 e. The third-order valence-corrected chi connectivity index (χ3v) is 3.32. The Balaban J connectivity index is 0.00000120. The average molecular weight is 272 g/mol. The molecule has 0 amide bonds. The van der Waals surface area contributed by atoms with Crippen LogP contribution in [0.1, 0.15) is 47.7 Å². The molecule has 0 unspecified atom stereocenters. The molecule has 0 atom stereocenters. The topological polar surface area (TPSA) is 56.1 Å². The van der Waals surface area contributed by atoms with Gasteiger partial charge in [0.15, 0.2) is 5.69 Å². The van der Waals surface area contributed by atoms with Crippen molar-refractivity contribution in [1.82, 2.24) is 14.9 Å². The quantitative estimate of drug-likeness (QED) is 0.846. The van der Waals surface area contributed by atoms with Crippen molar-refractivity contribution in [2.75, 3.05) is 13.2 Å². The van der Waals surface area contributed by atoms with Gasteiger partial charge in [0.1, 0.15) is 5.82 Å². The monoisotopic (exact) mass is 271 g/mol. The molecule has 1 saturated carbocycles. The van der Waals surface area contributed by atoms with Gasteiger partial charge in [0, 0.05) is 25.6 Å². The van der Waals surface area contributed by atoms with Gasteiger partial charge >= 0.3 is 5.97 Å². The predicted octanol–water partition coefficient (Wildman–Crippen LogP) is 1.46. The summed E-state index contributed by atoms with van der Waals surface area (Å²) in [4.78, 5) is 16.4. The molecule has 1 aliphatic carbocycles. The number of hydrogen-bond donors (Lipinski definition) is 1. The first-order valence-corrected chi connectivity index (χ1v) is 6.28. The summed E-state index contributed by atoms with van der Waals surface area (Å²) in [6.07, 6.45) is 2.40. The second-order valence-electron chi connectivity index (χ2n) is 4.59. The average Bonchev–Trinajstić information content (AvgIpc) is 3.10. The molecule has 5 nitrogen and oxygen atoms in total. The van der Waals surface area contributed by atoms with Gasteiger partial charge in [-0.25, -0.2) is 9.78 Å². The Bertz CT molecular complexity index is 454. The molecule has 100 valence electrons. The van der Waals surface area contributed by atoms with Crippen molar-refractivity contribution in [3.8, 4) is 0 Å². The Kier molecular flexibility index (Phi) is 3.92. The molecule has 3 rings (SSSR count). The fourth-order valence-corrected chi connectivity index (χ4v) is 2.35. The van der Waals surface area contributed by atoms with Crippen molar-refractivity contribution in [2.45, 2.75) is 38.8 Å². The highest BCUT2D eigenvalue weighted by molar-refractivity contribution is 5.88. The molecule has 0 bridgehead atoms. The summed E-state index contributed by atoms with van der Waals surface area (Å²) in [5.74, 6) is 1.37. The fraction of sp³-hybridized carbons (Fsp3) is 0.667. The van der Waals surface area contributed by atoms with Gasteiger partial charge in [-0.15, -0.1) is 12.4 Å². The number of rotatable bonds is 3. The van der Waals surface area contributed by atoms with Crippen LogP contribution in [0.4, 0.5) is 0 Å². The van der Waals surface area contributed by atoms with Crippen molar-refractivity contribution in [3.63, 3.8) is 0 Å². The summed E-state index contributed by atoms with van der Waals surface area (Å²) in [6, 6.07) is 0. The van der Waals surface area contributed by atoms with Gasteiger partial charge in [-0.1, -0.05) is 0 Å². The van der Waals surface area contributed by atoms with Crippen LogP contribution in [-0.4, -0.2) is 28.7 Å². The number of carbonyl (C=O) groups excluding carboxylic acids is 1. The number of imidazole rings is 1. The first-order chi connectivity index (χ1) is 8.31. The first-order valence-electron chi connectivity index (χ1n) is 6.28. The number of aromatic nitrogens is 2. The van der Waals surface area contributed by atoms with Crippen molar-refractivity contribution in [3.05, 3.63) is 17.2 Å². The van der Waals surface area contributed by atoms with E-state index in [9.17, 15) is 4.79 Å². The number of nitrogens with one attached hydrogen (secondary N) is 1. The zero-order valence-electron chi connectivity index (χ0n) is 10.4. The molecule has 1 aliphatic heterocycles. The SMILES string of the molecule is CCOC(=O)c1nc(C2CC2)n2c1CNCC2.Cl. The summed E-state index contributed by atoms with van der Waals surface area (Å²) >= 11 is 0. The zero-order chi connectivity index (χ0) is 11.8. The third-order valence-electron chi connectivity index (χ3n) is 3.32. The molecule has 18 heavy (non-hydrogen) atoms. The summed E-state index contributed by atoms with van der Waals surface area (Å²) < 4.78 is 7.27. The molecule has 1 aromatic heterocycles. The van der Waals surface area contributed by atoms with E-state index < -0.39 is 0 Å². The van der Waals surface area contributed by atoms with Gasteiger partial charge in [-0.3, -0.25) is 0 Å². The van der Waals surface area contributed by atoms with Crippen LogP contribution in [0.3, 0.4) is 0 Å². The maximum atomic E-state index is 11.8. The lowest BCUT2D eigenvalue weighted by Gasteiger charge is -2.18. The highest BCUT2D eigenvalue weighted by Gasteiger charge is 2.33. The Morgan fingerprint density at radius 2 is 2.33 bits per heavy atom. The standard InChI is InChI=1S/C12H17N3O2.ClH/c1-2-17-12(16)10-9-7-13-5-6-15(9)11(14-10)8-3-4-8;/h8,13H,2-7H2,1H3;1H. The van der Waals surface area contributed by atoms with E-state index in [-0.39, 0.29) is 18.4 Å². The lowest BCUT2D eigenvalue weighted by atomic mass is 10.2. The van der Waals surface area contributed by atoms with Crippen molar-refractivity contribution in [2.24, 2.45) is 0 Å². The smallest absolute Gasteiger partial charge is 0.358 e. The minimum absolute atomic E-state index is 0. The Morgan fingerprint density at radius 1 is 1.56 bits per heavy atom. The molecular formula is C12H18ClN3O2. The van der Waals surface area contributed by atoms with Gasteiger partial charge < -0.3 is 14.6 Å². The molecule has 1 N–H and O–H groups in total. The van der Waals surface area contributed by atoms with Crippen LogP contribution in [0, 0.1) is 0 Å². The van der Waals surface area contributed by atoms with Gasteiger partial charge in [-0.05, 0) is 19.8 Å².